The molecule has 3 heterocycles. The standard InChI is InChI=1S/C21H22N4O2S/c1-27-17-7-2-6-16(13-17)22-21(26)15-5-3-11-25(14-15)20-10-9-18(23-24-20)19-8-4-12-28-19/h2,4,6-10,12-13,15H,3,5,11,14H2,1H3,(H,22,26). The molecule has 0 bridgehead atoms. The molecular weight excluding hydrogens is 372 g/mol. The molecule has 0 spiro atoms. The fraction of sp³-hybridized carbons (Fsp3) is 0.286. The molecule has 1 unspecified atom stereocenters. The zero-order chi connectivity index (χ0) is 19.3. The van der Waals surface area contributed by atoms with Crippen molar-refractivity contribution in [1.29, 1.82) is 0 Å². The van der Waals surface area contributed by atoms with Gasteiger partial charge in [0.05, 0.1) is 17.9 Å². The topological polar surface area (TPSA) is 67.3 Å². The molecular formula is C21H22N4O2S. The van der Waals surface area contributed by atoms with Crippen LogP contribution in [0.4, 0.5) is 11.5 Å². The van der Waals surface area contributed by atoms with Crippen LogP contribution >= 0.6 is 11.3 Å². The summed E-state index contributed by atoms with van der Waals surface area (Å²) in [6.07, 6.45) is 1.82. The lowest BCUT2D eigenvalue weighted by Crippen LogP contribution is -2.41. The van der Waals surface area contributed by atoms with Crippen LogP contribution in [0.2, 0.25) is 0 Å². The van der Waals surface area contributed by atoms with Gasteiger partial charge in [-0.2, -0.15) is 0 Å². The van der Waals surface area contributed by atoms with E-state index >= 15 is 0 Å². The zero-order valence-corrected chi connectivity index (χ0v) is 16.5. The summed E-state index contributed by atoms with van der Waals surface area (Å²) in [4.78, 5) is 16.0. The highest BCUT2D eigenvalue weighted by atomic mass is 32.1. The molecule has 1 aromatic carbocycles. The van der Waals surface area contributed by atoms with Crippen molar-refractivity contribution in [2.45, 2.75) is 12.8 Å². The smallest absolute Gasteiger partial charge is 0.229 e. The maximum Gasteiger partial charge on any atom is 0.229 e. The van der Waals surface area contributed by atoms with E-state index in [-0.39, 0.29) is 11.8 Å². The van der Waals surface area contributed by atoms with Gasteiger partial charge < -0.3 is 15.0 Å². The molecule has 0 aliphatic carbocycles. The molecule has 0 saturated carbocycles. The zero-order valence-electron chi connectivity index (χ0n) is 15.7. The Hall–Kier alpha value is -2.93. The van der Waals surface area contributed by atoms with E-state index in [1.165, 1.54) is 0 Å². The number of aromatic nitrogens is 2. The fourth-order valence-corrected chi connectivity index (χ4v) is 4.08. The minimum Gasteiger partial charge on any atom is -0.497 e. The van der Waals surface area contributed by atoms with E-state index in [9.17, 15) is 4.79 Å². The molecule has 1 N–H and O–H groups in total. The Labute approximate surface area is 168 Å². The molecule has 1 amide bonds. The van der Waals surface area contributed by atoms with Crippen LogP contribution in [0.5, 0.6) is 5.75 Å². The van der Waals surface area contributed by atoms with Crippen molar-refractivity contribution in [2.24, 2.45) is 5.92 Å². The van der Waals surface area contributed by atoms with Crippen molar-refractivity contribution in [2.75, 3.05) is 30.4 Å². The number of thiophene rings is 1. The van der Waals surface area contributed by atoms with Gasteiger partial charge in [0, 0.05) is 24.8 Å². The van der Waals surface area contributed by atoms with Gasteiger partial charge in [0.2, 0.25) is 5.91 Å². The summed E-state index contributed by atoms with van der Waals surface area (Å²) in [5.74, 6) is 1.49. The number of nitrogens with one attached hydrogen (secondary N) is 1. The van der Waals surface area contributed by atoms with Gasteiger partial charge in [-0.3, -0.25) is 4.79 Å². The molecule has 0 radical (unpaired) electrons. The first kappa shape index (κ1) is 18.4. The number of ether oxygens (including phenoxy) is 1. The van der Waals surface area contributed by atoms with Gasteiger partial charge in [-0.25, -0.2) is 0 Å². The third kappa shape index (κ3) is 4.14. The minimum atomic E-state index is -0.0845. The van der Waals surface area contributed by atoms with Crippen LogP contribution in [0.1, 0.15) is 12.8 Å². The first-order valence-electron chi connectivity index (χ1n) is 9.30. The van der Waals surface area contributed by atoms with Crippen LogP contribution < -0.4 is 15.0 Å². The first-order chi connectivity index (χ1) is 13.7. The predicted octanol–water partition coefficient (Wildman–Crippen LogP) is 4.07. The normalized spacial score (nSPS) is 16.6. The van der Waals surface area contributed by atoms with Crippen LogP contribution in [0.3, 0.4) is 0 Å². The van der Waals surface area contributed by atoms with Crippen LogP contribution in [-0.2, 0) is 4.79 Å². The molecule has 1 atom stereocenters. The summed E-state index contributed by atoms with van der Waals surface area (Å²) in [5.41, 5.74) is 1.63. The van der Waals surface area contributed by atoms with Crippen molar-refractivity contribution in [3.8, 4) is 16.3 Å². The molecule has 7 heteroatoms. The summed E-state index contributed by atoms with van der Waals surface area (Å²) >= 11 is 1.65. The highest BCUT2D eigenvalue weighted by Gasteiger charge is 2.27. The minimum absolute atomic E-state index is 0.0288. The van der Waals surface area contributed by atoms with Crippen LogP contribution in [0.15, 0.2) is 53.9 Å². The molecule has 144 valence electrons. The average molecular weight is 395 g/mol. The van der Waals surface area contributed by atoms with Gasteiger partial charge in [-0.15, -0.1) is 21.5 Å². The molecule has 2 aromatic heterocycles. The highest BCUT2D eigenvalue weighted by molar-refractivity contribution is 7.13. The van der Waals surface area contributed by atoms with Crippen LogP contribution in [-0.4, -0.2) is 36.3 Å². The van der Waals surface area contributed by atoms with Crippen molar-refractivity contribution in [1.82, 2.24) is 10.2 Å². The van der Waals surface area contributed by atoms with Crippen molar-refractivity contribution >= 4 is 28.7 Å². The van der Waals surface area contributed by atoms with Gasteiger partial charge in [-0.05, 0) is 48.6 Å². The average Bonchev–Trinajstić information content (AvgIpc) is 3.29. The summed E-state index contributed by atoms with van der Waals surface area (Å²) in [6, 6.07) is 15.4. The second-order valence-corrected chi connectivity index (χ2v) is 7.71. The lowest BCUT2D eigenvalue weighted by molar-refractivity contribution is -0.120. The van der Waals surface area contributed by atoms with Crippen molar-refractivity contribution in [3.63, 3.8) is 0 Å². The van der Waals surface area contributed by atoms with E-state index in [0.29, 0.717) is 6.54 Å². The Morgan fingerprint density at radius 3 is 2.89 bits per heavy atom. The van der Waals surface area contributed by atoms with Crippen LogP contribution in [0.25, 0.3) is 10.6 Å². The summed E-state index contributed by atoms with van der Waals surface area (Å²) in [7, 11) is 1.62. The first-order valence-corrected chi connectivity index (χ1v) is 10.2. The molecule has 28 heavy (non-hydrogen) atoms. The third-order valence-electron chi connectivity index (χ3n) is 4.88. The van der Waals surface area contributed by atoms with Crippen molar-refractivity contribution in [3.05, 3.63) is 53.9 Å². The highest BCUT2D eigenvalue weighted by Crippen LogP contribution is 2.26. The lowest BCUT2D eigenvalue weighted by atomic mass is 9.97. The Kier molecular flexibility index (Phi) is 5.53. The fourth-order valence-electron chi connectivity index (χ4n) is 3.39. The van der Waals surface area contributed by atoms with Gasteiger partial charge in [0.25, 0.3) is 0 Å². The van der Waals surface area contributed by atoms with Crippen LogP contribution in [0, 0.1) is 5.92 Å². The molecule has 6 nitrogen and oxygen atoms in total. The second kappa shape index (κ2) is 8.39. The maximum atomic E-state index is 12.7. The van der Waals surface area contributed by atoms with Crippen molar-refractivity contribution < 1.29 is 9.53 Å². The number of anilines is 2. The Balaban J connectivity index is 1.41. The molecule has 1 aliphatic rings. The molecule has 1 aliphatic heterocycles. The number of carbonyl (C=O) groups is 1. The lowest BCUT2D eigenvalue weighted by Gasteiger charge is -2.32. The quantitative estimate of drug-likeness (QED) is 0.707. The molecule has 1 saturated heterocycles. The Morgan fingerprint density at radius 2 is 2.14 bits per heavy atom. The Morgan fingerprint density at radius 1 is 1.21 bits per heavy atom. The number of nitrogens with zero attached hydrogens (tertiary/aromatic N) is 3. The predicted molar refractivity (Wildman–Crippen MR) is 112 cm³/mol. The monoisotopic (exact) mass is 394 g/mol. The number of hydrogen-bond acceptors (Lipinski definition) is 6. The third-order valence-corrected chi connectivity index (χ3v) is 5.77. The molecule has 3 aromatic rings. The van der Waals surface area contributed by atoms with Gasteiger partial charge in [-0.1, -0.05) is 12.1 Å². The maximum absolute atomic E-state index is 12.7. The van der Waals surface area contributed by atoms with E-state index < -0.39 is 0 Å². The summed E-state index contributed by atoms with van der Waals surface area (Å²) in [5, 5.41) is 13.8. The number of carbonyl (C=O) groups excluding carboxylic acids is 1. The van der Waals surface area contributed by atoms with Gasteiger partial charge in [0.1, 0.15) is 11.4 Å². The van der Waals surface area contributed by atoms with Gasteiger partial charge >= 0.3 is 0 Å². The van der Waals surface area contributed by atoms with E-state index in [2.05, 4.69) is 20.4 Å². The number of hydrogen-bond donors (Lipinski definition) is 1. The van der Waals surface area contributed by atoms with E-state index in [1.54, 1.807) is 18.4 Å². The molecule has 1 fully saturated rings. The number of benzene rings is 1. The summed E-state index contributed by atoms with van der Waals surface area (Å²) in [6.45, 7) is 1.53. The van der Waals surface area contributed by atoms with E-state index in [0.717, 1.165) is 47.2 Å². The number of amides is 1. The Bertz CT molecular complexity index is 928. The van der Waals surface area contributed by atoms with Gasteiger partial charge in [0.15, 0.2) is 5.82 Å². The molecule has 4 rings (SSSR count). The number of piperidine rings is 1. The SMILES string of the molecule is COc1cccc(NC(=O)C2CCCN(c3ccc(-c4cccs4)nn3)C2)c1. The number of rotatable bonds is 5. The van der Waals surface area contributed by atoms with E-state index in [1.807, 2.05) is 53.9 Å². The largest absolute Gasteiger partial charge is 0.497 e. The van der Waals surface area contributed by atoms with E-state index in [4.69, 9.17) is 4.74 Å². The number of methoxy groups -OCH3 is 1. The second-order valence-electron chi connectivity index (χ2n) is 6.76. The summed E-state index contributed by atoms with van der Waals surface area (Å²) < 4.78 is 5.22.